The Labute approximate surface area is 171 Å². The molecule has 0 amide bonds. The third-order valence-corrected chi connectivity index (χ3v) is 4.87. The standard InChI is InChI=1S/C24H17F2NO3/c1-30-13-15-4-2-3-5-17(15)18-8-6-14(10-21(18)26)23-12-20(24(28)29)19-11-16(25)7-9-22(19)27-23/h2-12H,13H2,1H3,(H,28,29). The maximum Gasteiger partial charge on any atom is 0.336 e. The second-order valence-corrected chi connectivity index (χ2v) is 6.81. The second-order valence-electron chi connectivity index (χ2n) is 6.81. The number of rotatable bonds is 5. The van der Waals surface area contributed by atoms with E-state index in [9.17, 15) is 14.3 Å². The first-order valence-corrected chi connectivity index (χ1v) is 9.18. The molecule has 0 aliphatic carbocycles. The zero-order chi connectivity index (χ0) is 21.3. The van der Waals surface area contributed by atoms with Gasteiger partial charge in [-0.25, -0.2) is 18.6 Å². The summed E-state index contributed by atoms with van der Waals surface area (Å²) in [5.41, 5.74) is 2.93. The summed E-state index contributed by atoms with van der Waals surface area (Å²) >= 11 is 0. The number of carbonyl (C=O) groups is 1. The Kier molecular flexibility index (Phi) is 5.25. The van der Waals surface area contributed by atoms with Crippen molar-refractivity contribution in [2.45, 2.75) is 6.61 Å². The first-order chi connectivity index (χ1) is 14.5. The van der Waals surface area contributed by atoms with Crippen LogP contribution in [-0.4, -0.2) is 23.2 Å². The number of ether oxygens (including phenoxy) is 1. The molecule has 4 aromatic rings. The molecule has 1 aromatic heterocycles. The average Bonchev–Trinajstić information content (AvgIpc) is 2.73. The van der Waals surface area contributed by atoms with Crippen LogP contribution in [0.15, 0.2) is 66.7 Å². The lowest BCUT2D eigenvalue weighted by Crippen LogP contribution is -2.01. The molecule has 0 fully saturated rings. The van der Waals surface area contributed by atoms with Crippen molar-refractivity contribution in [2.24, 2.45) is 0 Å². The summed E-state index contributed by atoms with van der Waals surface area (Å²) in [4.78, 5) is 16.1. The average molecular weight is 405 g/mol. The summed E-state index contributed by atoms with van der Waals surface area (Å²) in [5, 5.41) is 9.73. The molecule has 0 unspecified atom stereocenters. The van der Waals surface area contributed by atoms with Gasteiger partial charge in [-0.1, -0.05) is 36.4 Å². The monoisotopic (exact) mass is 405 g/mol. The zero-order valence-electron chi connectivity index (χ0n) is 16.0. The Hall–Kier alpha value is -3.64. The van der Waals surface area contributed by atoms with Crippen LogP contribution in [0.3, 0.4) is 0 Å². The van der Waals surface area contributed by atoms with E-state index in [0.29, 0.717) is 28.9 Å². The Bertz CT molecular complexity index is 1270. The van der Waals surface area contributed by atoms with Crippen LogP contribution in [0, 0.1) is 11.6 Å². The van der Waals surface area contributed by atoms with Gasteiger partial charge in [-0.3, -0.25) is 0 Å². The summed E-state index contributed by atoms with van der Waals surface area (Å²) in [5.74, 6) is -2.22. The highest BCUT2D eigenvalue weighted by Gasteiger charge is 2.16. The lowest BCUT2D eigenvalue weighted by molar-refractivity contribution is 0.0699. The fourth-order valence-corrected chi connectivity index (χ4v) is 3.48. The van der Waals surface area contributed by atoms with E-state index in [-0.39, 0.29) is 10.9 Å². The number of aromatic nitrogens is 1. The SMILES string of the molecule is COCc1ccccc1-c1ccc(-c2cc(C(=O)O)c3cc(F)ccc3n2)cc1F. The van der Waals surface area contributed by atoms with E-state index in [0.717, 1.165) is 17.2 Å². The molecule has 0 aliphatic rings. The van der Waals surface area contributed by atoms with Crippen LogP contribution in [0.4, 0.5) is 8.78 Å². The van der Waals surface area contributed by atoms with Crippen molar-refractivity contribution in [3.05, 3.63) is 89.5 Å². The molecule has 0 aliphatic heterocycles. The van der Waals surface area contributed by atoms with E-state index in [2.05, 4.69) is 4.98 Å². The highest BCUT2D eigenvalue weighted by Crippen LogP contribution is 2.31. The van der Waals surface area contributed by atoms with Crippen LogP contribution >= 0.6 is 0 Å². The van der Waals surface area contributed by atoms with Gasteiger partial charge in [-0.05, 0) is 41.5 Å². The number of aromatic carboxylic acids is 1. The minimum Gasteiger partial charge on any atom is -0.478 e. The maximum absolute atomic E-state index is 15.0. The Morgan fingerprint density at radius 3 is 2.53 bits per heavy atom. The molecule has 0 atom stereocenters. The highest BCUT2D eigenvalue weighted by atomic mass is 19.1. The fourth-order valence-electron chi connectivity index (χ4n) is 3.48. The van der Waals surface area contributed by atoms with Crippen LogP contribution in [0.2, 0.25) is 0 Å². The van der Waals surface area contributed by atoms with Gasteiger partial charge in [0, 0.05) is 23.6 Å². The fraction of sp³-hybridized carbons (Fsp3) is 0.0833. The van der Waals surface area contributed by atoms with Crippen LogP contribution < -0.4 is 0 Å². The van der Waals surface area contributed by atoms with E-state index in [1.54, 1.807) is 19.2 Å². The van der Waals surface area contributed by atoms with Gasteiger partial charge in [0.15, 0.2) is 0 Å². The lowest BCUT2D eigenvalue weighted by atomic mass is 9.97. The normalized spacial score (nSPS) is 11.0. The molecule has 3 aromatic carbocycles. The number of methoxy groups -OCH3 is 1. The molecular formula is C24H17F2NO3. The maximum atomic E-state index is 15.0. The van der Waals surface area contributed by atoms with E-state index in [1.165, 1.54) is 24.3 Å². The second kappa shape index (κ2) is 8.00. The van der Waals surface area contributed by atoms with E-state index >= 15 is 4.39 Å². The minimum atomic E-state index is -1.21. The van der Waals surface area contributed by atoms with Crippen molar-refractivity contribution >= 4 is 16.9 Å². The highest BCUT2D eigenvalue weighted by molar-refractivity contribution is 6.03. The van der Waals surface area contributed by atoms with Crippen LogP contribution in [0.5, 0.6) is 0 Å². The van der Waals surface area contributed by atoms with Gasteiger partial charge in [-0.2, -0.15) is 0 Å². The number of fused-ring (bicyclic) bond motifs is 1. The van der Waals surface area contributed by atoms with E-state index in [1.807, 2.05) is 24.3 Å². The molecule has 0 saturated carbocycles. The van der Waals surface area contributed by atoms with Crippen LogP contribution in [-0.2, 0) is 11.3 Å². The van der Waals surface area contributed by atoms with E-state index < -0.39 is 17.6 Å². The van der Waals surface area contributed by atoms with Crippen LogP contribution in [0.25, 0.3) is 33.3 Å². The molecule has 0 spiro atoms. The van der Waals surface area contributed by atoms with Crippen molar-refractivity contribution < 1.29 is 23.4 Å². The minimum absolute atomic E-state index is 0.0931. The summed E-state index contributed by atoms with van der Waals surface area (Å²) in [7, 11) is 1.58. The quantitative estimate of drug-likeness (QED) is 0.463. The first-order valence-electron chi connectivity index (χ1n) is 9.18. The van der Waals surface area contributed by atoms with Gasteiger partial charge >= 0.3 is 5.97 Å². The van der Waals surface area contributed by atoms with Gasteiger partial charge in [0.05, 0.1) is 23.4 Å². The lowest BCUT2D eigenvalue weighted by Gasteiger charge is -2.12. The van der Waals surface area contributed by atoms with Crippen molar-refractivity contribution in [2.75, 3.05) is 7.11 Å². The van der Waals surface area contributed by atoms with Crippen LogP contribution in [0.1, 0.15) is 15.9 Å². The molecule has 6 heteroatoms. The van der Waals surface area contributed by atoms with Gasteiger partial charge in [-0.15, -0.1) is 0 Å². The molecule has 30 heavy (non-hydrogen) atoms. The number of halogens is 2. The van der Waals surface area contributed by atoms with Crippen molar-refractivity contribution in [3.63, 3.8) is 0 Å². The van der Waals surface area contributed by atoms with Crippen molar-refractivity contribution in [1.82, 2.24) is 4.98 Å². The number of benzene rings is 3. The molecule has 0 radical (unpaired) electrons. The Balaban J connectivity index is 1.83. The molecule has 0 saturated heterocycles. The van der Waals surface area contributed by atoms with Crippen molar-refractivity contribution in [1.29, 1.82) is 0 Å². The summed E-state index contributed by atoms with van der Waals surface area (Å²) in [6.07, 6.45) is 0. The summed E-state index contributed by atoms with van der Waals surface area (Å²) in [6.45, 7) is 0.349. The number of nitrogens with zero attached hydrogens (tertiary/aromatic N) is 1. The topological polar surface area (TPSA) is 59.4 Å². The Morgan fingerprint density at radius 2 is 1.80 bits per heavy atom. The van der Waals surface area contributed by atoms with Crippen molar-refractivity contribution in [3.8, 4) is 22.4 Å². The van der Waals surface area contributed by atoms with Gasteiger partial charge < -0.3 is 9.84 Å². The number of pyridine rings is 1. The number of carboxylic acid groups (broad SMARTS) is 1. The largest absolute Gasteiger partial charge is 0.478 e. The molecule has 150 valence electrons. The predicted molar refractivity (Wildman–Crippen MR) is 110 cm³/mol. The first kappa shape index (κ1) is 19.7. The smallest absolute Gasteiger partial charge is 0.336 e. The molecule has 1 N–H and O–H groups in total. The third kappa shape index (κ3) is 3.65. The van der Waals surface area contributed by atoms with Gasteiger partial charge in [0.1, 0.15) is 11.6 Å². The number of carboxylic acids is 1. The number of hydrogen-bond donors (Lipinski definition) is 1. The zero-order valence-corrected chi connectivity index (χ0v) is 16.0. The summed E-state index contributed by atoms with van der Waals surface area (Å²) < 4.78 is 33.8. The third-order valence-electron chi connectivity index (χ3n) is 4.87. The number of hydrogen-bond acceptors (Lipinski definition) is 3. The molecular weight excluding hydrogens is 388 g/mol. The van der Waals surface area contributed by atoms with E-state index in [4.69, 9.17) is 4.74 Å². The molecule has 4 nitrogen and oxygen atoms in total. The Morgan fingerprint density at radius 1 is 1.00 bits per heavy atom. The summed E-state index contributed by atoms with van der Waals surface area (Å²) in [6, 6.07) is 17.1. The molecule has 0 bridgehead atoms. The van der Waals surface area contributed by atoms with Gasteiger partial charge in [0.25, 0.3) is 0 Å². The molecule has 1 heterocycles. The van der Waals surface area contributed by atoms with Gasteiger partial charge in [0.2, 0.25) is 0 Å². The predicted octanol–water partition coefficient (Wildman–Crippen LogP) is 5.69. The molecule has 4 rings (SSSR count).